The molecule has 80 valence electrons. The fourth-order valence-electron chi connectivity index (χ4n) is 1.34. The normalized spacial score (nSPS) is 12.1. The second-order valence-corrected chi connectivity index (χ2v) is 3.61. The average Bonchev–Trinajstić information content (AvgIpc) is 2.27. The molecule has 0 amide bonds. The van der Waals surface area contributed by atoms with Crippen LogP contribution in [0.2, 0.25) is 0 Å². The molecule has 0 saturated carbocycles. The second-order valence-electron chi connectivity index (χ2n) is 3.61. The third-order valence-corrected chi connectivity index (χ3v) is 2.27. The van der Waals surface area contributed by atoms with Crippen molar-refractivity contribution < 1.29 is 5.11 Å². The maximum Gasteiger partial charge on any atom is 0.0991 e. The lowest BCUT2D eigenvalue weighted by molar-refractivity contribution is 0.268. The number of aliphatic hydroxyl groups excluding tert-OH is 1. The molecular formula is C12H16N2O. The van der Waals surface area contributed by atoms with Gasteiger partial charge in [0.25, 0.3) is 0 Å². The van der Waals surface area contributed by atoms with E-state index in [1.807, 2.05) is 25.1 Å². The van der Waals surface area contributed by atoms with Crippen LogP contribution in [0.4, 0.5) is 0 Å². The van der Waals surface area contributed by atoms with Gasteiger partial charge in [-0.15, -0.1) is 0 Å². The molecule has 0 heterocycles. The van der Waals surface area contributed by atoms with E-state index in [1.54, 1.807) is 6.07 Å². The largest absolute Gasteiger partial charge is 0.396 e. The predicted octanol–water partition coefficient (Wildman–Crippen LogP) is 1.42. The number of benzene rings is 1. The molecule has 3 heteroatoms. The molecule has 0 aliphatic rings. The van der Waals surface area contributed by atoms with Crippen molar-refractivity contribution in [2.45, 2.75) is 25.9 Å². The first-order valence-corrected chi connectivity index (χ1v) is 5.09. The minimum atomic E-state index is 0.201. The first kappa shape index (κ1) is 11.7. The molecule has 0 saturated heterocycles. The van der Waals surface area contributed by atoms with Crippen LogP contribution in [-0.4, -0.2) is 17.8 Å². The first-order chi connectivity index (χ1) is 7.26. The Morgan fingerprint density at radius 2 is 2.33 bits per heavy atom. The van der Waals surface area contributed by atoms with E-state index < -0.39 is 0 Å². The van der Waals surface area contributed by atoms with Gasteiger partial charge < -0.3 is 10.4 Å². The molecule has 0 aliphatic heterocycles. The lowest BCUT2D eigenvalue weighted by Gasteiger charge is -2.12. The molecule has 0 aromatic heterocycles. The molecule has 1 atom stereocenters. The molecular weight excluding hydrogens is 188 g/mol. The highest BCUT2D eigenvalue weighted by Crippen LogP contribution is 2.04. The Labute approximate surface area is 90.4 Å². The number of nitrogens with one attached hydrogen (secondary N) is 1. The average molecular weight is 204 g/mol. The van der Waals surface area contributed by atoms with Crippen LogP contribution in [0.5, 0.6) is 0 Å². The van der Waals surface area contributed by atoms with Crippen LogP contribution in [-0.2, 0) is 6.54 Å². The molecule has 0 bridgehead atoms. The molecule has 0 aliphatic carbocycles. The fraction of sp³-hybridized carbons (Fsp3) is 0.417. The molecule has 2 N–H and O–H groups in total. The number of nitrogens with zero attached hydrogens (tertiary/aromatic N) is 1. The van der Waals surface area contributed by atoms with Crippen molar-refractivity contribution in [3.05, 3.63) is 35.4 Å². The monoisotopic (exact) mass is 204 g/mol. The lowest BCUT2D eigenvalue weighted by Crippen LogP contribution is -2.26. The van der Waals surface area contributed by atoms with Crippen LogP contribution in [0, 0.1) is 11.3 Å². The Hall–Kier alpha value is -1.37. The SMILES string of the molecule is CC(CCO)NCc1cccc(C#N)c1. The van der Waals surface area contributed by atoms with Crippen molar-refractivity contribution in [3.63, 3.8) is 0 Å². The Kier molecular flexibility index (Phi) is 4.82. The van der Waals surface area contributed by atoms with E-state index in [4.69, 9.17) is 10.4 Å². The van der Waals surface area contributed by atoms with E-state index in [9.17, 15) is 0 Å². The Balaban J connectivity index is 2.47. The van der Waals surface area contributed by atoms with Gasteiger partial charge in [0, 0.05) is 19.2 Å². The summed E-state index contributed by atoms with van der Waals surface area (Å²) in [6, 6.07) is 9.94. The summed E-state index contributed by atoms with van der Waals surface area (Å²) in [6.07, 6.45) is 0.748. The van der Waals surface area contributed by atoms with E-state index in [2.05, 4.69) is 11.4 Å². The zero-order valence-corrected chi connectivity index (χ0v) is 8.90. The van der Waals surface area contributed by atoms with Crippen molar-refractivity contribution in [2.24, 2.45) is 0 Å². The van der Waals surface area contributed by atoms with Gasteiger partial charge in [0.05, 0.1) is 11.6 Å². The van der Waals surface area contributed by atoms with Gasteiger partial charge in [0.1, 0.15) is 0 Å². The molecule has 0 fully saturated rings. The van der Waals surface area contributed by atoms with Crippen LogP contribution in [0.15, 0.2) is 24.3 Å². The van der Waals surface area contributed by atoms with Gasteiger partial charge in [-0.1, -0.05) is 12.1 Å². The molecule has 1 aromatic rings. The predicted molar refractivity (Wildman–Crippen MR) is 59.2 cm³/mol. The summed E-state index contributed by atoms with van der Waals surface area (Å²) in [7, 11) is 0. The summed E-state index contributed by atoms with van der Waals surface area (Å²) in [5.74, 6) is 0. The number of nitriles is 1. The van der Waals surface area contributed by atoms with Crippen LogP contribution in [0.25, 0.3) is 0 Å². The van der Waals surface area contributed by atoms with E-state index in [0.717, 1.165) is 18.5 Å². The van der Waals surface area contributed by atoms with Gasteiger partial charge in [0.2, 0.25) is 0 Å². The highest BCUT2D eigenvalue weighted by molar-refractivity contribution is 5.32. The van der Waals surface area contributed by atoms with Crippen LogP contribution in [0.3, 0.4) is 0 Å². The van der Waals surface area contributed by atoms with Crippen LogP contribution >= 0.6 is 0 Å². The maximum atomic E-state index is 8.73. The van der Waals surface area contributed by atoms with Gasteiger partial charge in [0.15, 0.2) is 0 Å². The molecule has 1 rings (SSSR count). The zero-order chi connectivity index (χ0) is 11.1. The van der Waals surface area contributed by atoms with Gasteiger partial charge >= 0.3 is 0 Å². The van der Waals surface area contributed by atoms with Crippen molar-refractivity contribution in [1.29, 1.82) is 5.26 Å². The Morgan fingerprint density at radius 3 is 3.00 bits per heavy atom. The zero-order valence-electron chi connectivity index (χ0n) is 8.90. The highest BCUT2D eigenvalue weighted by atomic mass is 16.3. The first-order valence-electron chi connectivity index (χ1n) is 5.09. The highest BCUT2D eigenvalue weighted by Gasteiger charge is 2.00. The summed E-state index contributed by atoms with van der Waals surface area (Å²) in [4.78, 5) is 0. The van der Waals surface area contributed by atoms with E-state index >= 15 is 0 Å². The van der Waals surface area contributed by atoms with Gasteiger partial charge in [-0.2, -0.15) is 5.26 Å². The number of aliphatic hydroxyl groups is 1. The summed E-state index contributed by atoms with van der Waals surface area (Å²) in [6.45, 7) is 2.97. The van der Waals surface area contributed by atoms with Crippen LogP contribution in [0.1, 0.15) is 24.5 Å². The van der Waals surface area contributed by atoms with Crippen molar-refractivity contribution in [1.82, 2.24) is 5.32 Å². The molecule has 1 unspecified atom stereocenters. The van der Waals surface area contributed by atoms with Crippen molar-refractivity contribution >= 4 is 0 Å². The fourth-order valence-corrected chi connectivity index (χ4v) is 1.34. The third-order valence-electron chi connectivity index (χ3n) is 2.27. The van der Waals surface area contributed by atoms with Gasteiger partial charge in [-0.05, 0) is 31.0 Å². The lowest BCUT2D eigenvalue weighted by atomic mass is 10.1. The Bertz CT molecular complexity index is 344. The summed E-state index contributed by atoms with van der Waals surface area (Å²) < 4.78 is 0. The molecule has 15 heavy (non-hydrogen) atoms. The quantitative estimate of drug-likeness (QED) is 0.762. The van der Waals surface area contributed by atoms with E-state index in [0.29, 0.717) is 11.6 Å². The number of hydrogen-bond donors (Lipinski definition) is 2. The van der Waals surface area contributed by atoms with Gasteiger partial charge in [-0.25, -0.2) is 0 Å². The summed E-state index contributed by atoms with van der Waals surface area (Å²) in [5, 5.41) is 20.7. The van der Waals surface area contributed by atoms with Crippen molar-refractivity contribution in [3.8, 4) is 6.07 Å². The molecule has 1 aromatic carbocycles. The van der Waals surface area contributed by atoms with Crippen LogP contribution < -0.4 is 5.32 Å². The maximum absolute atomic E-state index is 8.73. The molecule has 0 radical (unpaired) electrons. The smallest absolute Gasteiger partial charge is 0.0991 e. The van der Waals surface area contributed by atoms with Crippen molar-refractivity contribution in [2.75, 3.05) is 6.61 Å². The summed E-state index contributed by atoms with van der Waals surface area (Å²) >= 11 is 0. The van der Waals surface area contributed by atoms with Gasteiger partial charge in [-0.3, -0.25) is 0 Å². The number of hydrogen-bond acceptors (Lipinski definition) is 3. The van der Waals surface area contributed by atoms with E-state index in [-0.39, 0.29) is 6.61 Å². The Morgan fingerprint density at radius 1 is 1.53 bits per heavy atom. The molecule has 0 spiro atoms. The standard InChI is InChI=1S/C12H16N2O/c1-10(5-6-15)14-9-12-4-2-3-11(7-12)8-13/h2-4,7,10,14-15H,5-6,9H2,1H3. The number of rotatable bonds is 5. The van der Waals surface area contributed by atoms with E-state index in [1.165, 1.54) is 0 Å². The topological polar surface area (TPSA) is 56.0 Å². The summed E-state index contributed by atoms with van der Waals surface area (Å²) in [5.41, 5.74) is 1.78. The third kappa shape index (κ3) is 4.11. The minimum absolute atomic E-state index is 0.201. The molecule has 3 nitrogen and oxygen atoms in total. The minimum Gasteiger partial charge on any atom is -0.396 e. The second kappa shape index (κ2) is 6.18.